The number of nitrogens with one attached hydrogen (secondary N) is 2. The van der Waals surface area contributed by atoms with Crippen molar-refractivity contribution in [2.24, 2.45) is 0 Å². The van der Waals surface area contributed by atoms with Gasteiger partial charge in [0.2, 0.25) is 15.9 Å². The van der Waals surface area contributed by atoms with Crippen molar-refractivity contribution in [3.63, 3.8) is 0 Å². The van der Waals surface area contributed by atoms with Crippen LogP contribution in [-0.2, 0) is 14.8 Å². The second kappa shape index (κ2) is 7.40. The molecule has 0 radical (unpaired) electrons. The number of carbonyl (C=O) groups is 1. The Hall–Kier alpha value is -0.630. The molecule has 0 bridgehead atoms. The lowest BCUT2D eigenvalue weighted by Crippen LogP contribution is -2.44. The molecule has 5 nitrogen and oxygen atoms in total. The lowest BCUT2D eigenvalue weighted by atomic mass is 10.3. The summed E-state index contributed by atoms with van der Waals surface area (Å²) in [4.78, 5) is 11.6. The minimum atomic E-state index is -3.84. The zero-order valence-corrected chi connectivity index (χ0v) is 14.3. The van der Waals surface area contributed by atoms with E-state index in [1.54, 1.807) is 6.07 Å². The van der Waals surface area contributed by atoms with E-state index >= 15 is 0 Å². The van der Waals surface area contributed by atoms with Crippen LogP contribution in [0.25, 0.3) is 0 Å². The summed E-state index contributed by atoms with van der Waals surface area (Å²) in [5.41, 5.74) is 0. The molecule has 0 aliphatic carbocycles. The highest BCUT2D eigenvalue weighted by atomic mass is 79.9. The van der Waals surface area contributed by atoms with Crippen LogP contribution in [-0.4, -0.2) is 26.9 Å². The van der Waals surface area contributed by atoms with E-state index in [-0.39, 0.29) is 15.8 Å². The molecule has 2 N–H and O–H groups in total. The molecular formula is C12H16BrClN2O3S. The van der Waals surface area contributed by atoms with Crippen LogP contribution < -0.4 is 10.0 Å². The van der Waals surface area contributed by atoms with Gasteiger partial charge in [0.05, 0.1) is 11.1 Å². The summed E-state index contributed by atoms with van der Waals surface area (Å²) in [6, 6.07) is 3.57. The van der Waals surface area contributed by atoms with Crippen molar-refractivity contribution in [3.05, 3.63) is 27.7 Å². The molecule has 1 rings (SSSR count). The van der Waals surface area contributed by atoms with Crippen LogP contribution in [0.2, 0.25) is 5.02 Å². The van der Waals surface area contributed by atoms with Gasteiger partial charge in [0, 0.05) is 11.0 Å². The van der Waals surface area contributed by atoms with E-state index in [4.69, 9.17) is 11.6 Å². The van der Waals surface area contributed by atoms with Gasteiger partial charge in [-0.3, -0.25) is 4.79 Å². The highest BCUT2D eigenvalue weighted by Crippen LogP contribution is 2.25. The molecule has 1 aromatic rings. The molecule has 20 heavy (non-hydrogen) atoms. The number of benzene rings is 1. The lowest BCUT2D eigenvalue weighted by Gasteiger charge is -2.15. The summed E-state index contributed by atoms with van der Waals surface area (Å²) in [5, 5.41) is 2.71. The topological polar surface area (TPSA) is 75.3 Å². The smallest absolute Gasteiger partial charge is 0.242 e. The molecule has 0 fully saturated rings. The minimum absolute atomic E-state index is 0.0579. The summed E-state index contributed by atoms with van der Waals surface area (Å²) in [6.07, 6.45) is 0.781. The monoisotopic (exact) mass is 382 g/mol. The van der Waals surface area contributed by atoms with Gasteiger partial charge in [-0.15, -0.1) is 0 Å². The normalized spacial score (nSPS) is 13.0. The van der Waals surface area contributed by atoms with Gasteiger partial charge in [0.1, 0.15) is 4.90 Å². The SMILES string of the molecule is CCCNC(=O)[C@H](C)NS(=O)(=O)c1ccc(Br)cc1Cl. The Labute approximate surface area is 132 Å². The Morgan fingerprint density at radius 3 is 2.65 bits per heavy atom. The van der Waals surface area contributed by atoms with Gasteiger partial charge in [-0.05, 0) is 31.5 Å². The molecular weight excluding hydrogens is 368 g/mol. The van der Waals surface area contributed by atoms with E-state index in [2.05, 4.69) is 26.0 Å². The summed E-state index contributed by atoms with van der Waals surface area (Å²) in [6.45, 7) is 3.90. The first-order valence-corrected chi connectivity index (χ1v) is 8.68. The predicted octanol–water partition coefficient (Wildman–Crippen LogP) is 2.30. The van der Waals surface area contributed by atoms with E-state index in [0.29, 0.717) is 11.0 Å². The summed E-state index contributed by atoms with van der Waals surface area (Å²) >= 11 is 9.11. The van der Waals surface area contributed by atoms with Crippen molar-refractivity contribution in [3.8, 4) is 0 Å². The number of halogens is 2. The lowest BCUT2D eigenvalue weighted by molar-refractivity contribution is -0.122. The first-order valence-electron chi connectivity index (χ1n) is 6.03. The Balaban J connectivity index is 2.87. The molecule has 0 aromatic heterocycles. The van der Waals surface area contributed by atoms with Crippen LogP contribution in [0.3, 0.4) is 0 Å². The fourth-order valence-corrected chi connectivity index (χ4v) is 3.68. The standard InChI is InChI=1S/C12H16BrClN2O3S/c1-3-6-15-12(17)8(2)16-20(18,19)11-5-4-9(13)7-10(11)14/h4-5,7-8,16H,3,6H2,1-2H3,(H,15,17)/t8-/m0/s1. The molecule has 112 valence electrons. The minimum Gasteiger partial charge on any atom is -0.355 e. The quantitative estimate of drug-likeness (QED) is 0.791. The third-order valence-corrected chi connectivity index (χ3v) is 4.97. The second-order valence-electron chi connectivity index (χ2n) is 4.21. The molecule has 8 heteroatoms. The molecule has 0 unspecified atom stereocenters. The number of rotatable bonds is 6. The van der Waals surface area contributed by atoms with Crippen molar-refractivity contribution >= 4 is 43.5 Å². The Kier molecular flexibility index (Phi) is 6.44. The van der Waals surface area contributed by atoms with Gasteiger partial charge < -0.3 is 5.32 Å². The van der Waals surface area contributed by atoms with E-state index < -0.39 is 16.1 Å². The van der Waals surface area contributed by atoms with Gasteiger partial charge in [0.25, 0.3) is 0 Å². The van der Waals surface area contributed by atoms with E-state index in [9.17, 15) is 13.2 Å². The van der Waals surface area contributed by atoms with Crippen molar-refractivity contribution < 1.29 is 13.2 Å². The number of carbonyl (C=O) groups excluding carboxylic acids is 1. The first kappa shape index (κ1) is 17.4. The van der Waals surface area contributed by atoms with Crippen molar-refractivity contribution in [1.29, 1.82) is 0 Å². The summed E-state index contributed by atoms with van der Waals surface area (Å²) in [7, 11) is -3.84. The molecule has 0 saturated carbocycles. The third kappa shape index (κ3) is 4.73. The molecule has 0 heterocycles. The maximum atomic E-state index is 12.2. The predicted molar refractivity (Wildman–Crippen MR) is 82.2 cm³/mol. The highest BCUT2D eigenvalue weighted by molar-refractivity contribution is 9.10. The second-order valence-corrected chi connectivity index (χ2v) is 7.21. The zero-order chi connectivity index (χ0) is 15.3. The van der Waals surface area contributed by atoms with E-state index in [1.807, 2.05) is 6.92 Å². The van der Waals surface area contributed by atoms with Crippen LogP contribution in [0.1, 0.15) is 20.3 Å². The van der Waals surface area contributed by atoms with Gasteiger partial charge in [-0.2, -0.15) is 4.72 Å². The van der Waals surface area contributed by atoms with Gasteiger partial charge >= 0.3 is 0 Å². The fraction of sp³-hybridized carbons (Fsp3) is 0.417. The largest absolute Gasteiger partial charge is 0.355 e. The van der Waals surface area contributed by atoms with Crippen LogP contribution in [0.15, 0.2) is 27.6 Å². The maximum Gasteiger partial charge on any atom is 0.242 e. The number of hydrogen-bond donors (Lipinski definition) is 2. The molecule has 0 spiro atoms. The first-order chi connectivity index (χ1) is 9.27. The van der Waals surface area contributed by atoms with Crippen LogP contribution in [0.5, 0.6) is 0 Å². The Morgan fingerprint density at radius 2 is 2.10 bits per heavy atom. The molecule has 1 atom stereocenters. The highest BCUT2D eigenvalue weighted by Gasteiger charge is 2.23. The van der Waals surface area contributed by atoms with Crippen LogP contribution in [0.4, 0.5) is 0 Å². The average molecular weight is 384 g/mol. The van der Waals surface area contributed by atoms with Gasteiger partial charge in [0.15, 0.2) is 0 Å². The van der Waals surface area contributed by atoms with Crippen LogP contribution >= 0.6 is 27.5 Å². The maximum absolute atomic E-state index is 12.2. The number of hydrogen-bond acceptors (Lipinski definition) is 3. The van der Waals surface area contributed by atoms with Gasteiger partial charge in [-0.25, -0.2) is 8.42 Å². The van der Waals surface area contributed by atoms with E-state index in [1.165, 1.54) is 19.1 Å². The van der Waals surface area contributed by atoms with Crippen molar-refractivity contribution in [2.75, 3.05) is 6.54 Å². The summed E-state index contributed by atoms with van der Waals surface area (Å²) in [5.74, 6) is -0.372. The molecule has 0 aliphatic heterocycles. The van der Waals surface area contributed by atoms with Crippen molar-refractivity contribution in [2.45, 2.75) is 31.2 Å². The molecule has 1 aromatic carbocycles. The number of sulfonamides is 1. The molecule has 0 aliphatic rings. The number of amides is 1. The molecule has 1 amide bonds. The van der Waals surface area contributed by atoms with Crippen molar-refractivity contribution in [1.82, 2.24) is 10.0 Å². The molecule has 0 saturated heterocycles. The summed E-state index contributed by atoms with van der Waals surface area (Å²) < 4.78 is 27.3. The third-order valence-electron chi connectivity index (χ3n) is 2.46. The van der Waals surface area contributed by atoms with E-state index in [0.717, 1.165) is 6.42 Å². The van der Waals surface area contributed by atoms with Gasteiger partial charge in [-0.1, -0.05) is 34.5 Å². The zero-order valence-electron chi connectivity index (χ0n) is 11.1. The van der Waals surface area contributed by atoms with Crippen LogP contribution in [0, 0.1) is 0 Å². The Morgan fingerprint density at radius 1 is 1.45 bits per heavy atom. The Bertz CT molecular complexity index is 592. The fourth-order valence-electron chi connectivity index (χ4n) is 1.44. The average Bonchev–Trinajstić information content (AvgIpc) is 2.34.